The number of allylic oxidation sites excluding steroid dienone is 1. The minimum atomic E-state index is -0.866. The van der Waals surface area contributed by atoms with Gasteiger partial charge in [0.05, 0.1) is 5.70 Å². The molecule has 60 valence electrons. The number of hydrogen-bond donors (Lipinski definition) is 1. The second-order valence-corrected chi connectivity index (χ2v) is 2.26. The van der Waals surface area contributed by atoms with Crippen LogP contribution in [-0.4, -0.2) is 11.0 Å². The van der Waals surface area contributed by atoms with Crippen molar-refractivity contribution in [1.82, 2.24) is 0 Å². The number of hydrogen-bond acceptors (Lipinski definition) is 3. The molecule has 1 aliphatic carbocycles. The first-order valence-electron chi connectivity index (χ1n) is 3.08. The van der Waals surface area contributed by atoms with Gasteiger partial charge in [0.1, 0.15) is 5.83 Å². The molecule has 0 aromatic heterocycles. The maximum Gasteiger partial charge on any atom is 0.237 e. The Morgan fingerprint density at radius 2 is 2.45 bits per heavy atom. The van der Waals surface area contributed by atoms with Crippen molar-refractivity contribution in [3.8, 4) is 0 Å². The zero-order valence-electron chi connectivity index (χ0n) is 5.66. The number of nitro groups is 1. The second-order valence-electron chi connectivity index (χ2n) is 2.26. The Labute approximate surface area is 62.3 Å². The molecule has 0 amide bonds. The van der Waals surface area contributed by atoms with Crippen molar-refractivity contribution in [2.24, 2.45) is 5.73 Å². The first kappa shape index (κ1) is 7.71. The Morgan fingerprint density at radius 3 is 2.91 bits per heavy atom. The average molecular weight is 158 g/mol. The third kappa shape index (κ3) is 1.54. The number of halogens is 1. The lowest BCUT2D eigenvalue weighted by molar-refractivity contribution is -0.508. The van der Waals surface area contributed by atoms with Crippen LogP contribution >= 0.6 is 0 Å². The van der Waals surface area contributed by atoms with E-state index in [1.807, 2.05) is 0 Å². The van der Waals surface area contributed by atoms with Crippen LogP contribution in [0.5, 0.6) is 0 Å². The summed E-state index contributed by atoms with van der Waals surface area (Å²) in [5.41, 5.74) is 4.98. The van der Waals surface area contributed by atoms with Crippen LogP contribution in [0.2, 0.25) is 0 Å². The summed E-state index contributed by atoms with van der Waals surface area (Å²) in [4.78, 5) is 9.67. The molecule has 0 radical (unpaired) electrons. The largest absolute Gasteiger partial charge is 0.396 e. The van der Waals surface area contributed by atoms with Gasteiger partial charge in [-0.1, -0.05) is 0 Å². The minimum Gasteiger partial charge on any atom is -0.396 e. The highest BCUT2D eigenvalue weighted by atomic mass is 19.1. The third-order valence-corrected chi connectivity index (χ3v) is 1.46. The standard InChI is InChI=1S/C6H7FN2O2/c7-5-2-1-4(9(10)11)3-6(5)8/h2-4H,1,8H2. The van der Waals surface area contributed by atoms with E-state index >= 15 is 0 Å². The summed E-state index contributed by atoms with van der Waals surface area (Å²) >= 11 is 0. The molecule has 0 bridgehead atoms. The van der Waals surface area contributed by atoms with Crippen molar-refractivity contribution >= 4 is 0 Å². The van der Waals surface area contributed by atoms with Gasteiger partial charge in [-0.2, -0.15) is 0 Å². The van der Waals surface area contributed by atoms with Crippen molar-refractivity contribution in [2.75, 3.05) is 0 Å². The molecular weight excluding hydrogens is 151 g/mol. The van der Waals surface area contributed by atoms with Crippen molar-refractivity contribution in [3.63, 3.8) is 0 Å². The Hall–Kier alpha value is -1.39. The third-order valence-electron chi connectivity index (χ3n) is 1.46. The van der Waals surface area contributed by atoms with Crippen molar-refractivity contribution in [2.45, 2.75) is 12.5 Å². The van der Waals surface area contributed by atoms with E-state index in [2.05, 4.69) is 0 Å². The Kier molecular flexibility index (Phi) is 1.89. The molecule has 0 aliphatic heterocycles. The predicted octanol–water partition coefficient (Wildman–Crippen LogP) is 0.731. The average Bonchev–Trinajstić information content (AvgIpc) is 1.94. The first-order chi connectivity index (χ1) is 5.11. The zero-order chi connectivity index (χ0) is 8.43. The molecule has 1 unspecified atom stereocenters. The van der Waals surface area contributed by atoms with Crippen LogP contribution < -0.4 is 5.73 Å². The van der Waals surface area contributed by atoms with Gasteiger partial charge in [0, 0.05) is 17.4 Å². The molecule has 2 N–H and O–H groups in total. The summed E-state index contributed by atoms with van der Waals surface area (Å²) in [6.45, 7) is 0. The van der Waals surface area contributed by atoms with Crippen molar-refractivity contribution in [1.29, 1.82) is 0 Å². The lowest BCUT2D eigenvalue weighted by Crippen LogP contribution is -2.20. The molecule has 0 heterocycles. The van der Waals surface area contributed by atoms with E-state index in [-0.39, 0.29) is 12.1 Å². The Bertz CT molecular complexity index is 247. The summed E-state index contributed by atoms with van der Waals surface area (Å²) in [5.74, 6) is -0.567. The lowest BCUT2D eigenvalue weighted by atomic mass is 10.1. The highest BCUT2D eigenvalue weighted by molar-refractivity contribution is 5.27. The van der Waals surface area contributed by atoms with Crippen molar-refractivity contribution < 1.29 is 9.31 Å². The van der Waals surface area contributed by atoms with Crippen LogP contribution in [0.25, 0.3) is 0 Å². The molecule has 4 nitrogen and oxygen atoms in total. The molecule has 11 heavy (non-hydrogen) atoms. The summed E-state index contributed by atoms with van der Waals surface area (Å²) in [6.07, 6.45) is 2.33. The van der Waals surface area contributed by atoms with Gasteiger partial charge < -0.3 is 5.73 Å². The van der Waals surface area contributed by atoms with Crippen LogP contribution in [-0.2, 0) is 0 Å². The molecule has 0 saturated heterocycles. The van der Waals surface area contributed by atoms with Crippen molar-refractivity contribution in [3.05, 3.63) is 33.8 Å². The maximum atomic E-state index is 12.5. The number of nitrogens with zero attached hydrogens (tertiary/aromatic N) is 1. The quantitative estimate of drug-likeness (QED) is 0.451. The summed E-state index contributed by atoms with van der Waals surface area (Å²) in [7, 11) is 0. The Balaban J connectivity index is 2.77. The summed E-state index contributed by atoms with van der Waals surface area (Å²) in [5, 5.41) is 10.2. The lowest BCUT2D eigenvalue weighted by Gasteiger charge is -2.08. The Morgan fingerprint density at radius 1 is 1.82 bits per heavy atom. The SMILES string of the molecule is NC1=CC([N+](=O)[O-])CC=C1F. The molecular formula is C6H7FN2O2. The van der Waals surface area contributed by atoms with Gasteiger partial charge in [-0.15, -0.1) is 0 Å². The monoisotopic (exact) mass is 158 g/mol. The van der Waals surface area contributed by atoms with Crippen LogP contribution in [0.3, 0.4) is 0 Å². The van der Waals surface area contributed by atoms with Gasteiger partial charge in [-0.25, -0.2) is 4.39 Å². The van der Waals surface area contributed by atoms with Gasteiger partial charge in [0.2, 0.25) is 6.04 Å². The van der Waals surface area contributed by atoms with Gasteiger partial charge in [-0.05, 0) is 6.08 Å². The molecule has 1 aliphatic rings. The molecule has 1 rings (SSSR count). The molecule has 0 aromatic rings. The molecule has 5 heteroatoms. The molecule has 0 spiro atoms. The molecule has 0 saturated carbocycles. The highest BCUT2D eigenvalue weighted by Gasteiger charge is 2.21. The van der Waals surface area contributed by atoms with Crippen LogP contribution in [0.15, 0.2) is 23.7 Å². The fraction of sp³-hybridized carbons (Fsp3) is 0.333. The second kappa shape index (κ2) is 2.69. The molecule has 0 aromatic carbocycles. The fourth-order valence-corrected chi connectivity index (χ4v) is 0.844. The van der Waals surface area contributed by atoms with Gasteiger partial charge in [-0.3, -0.25) is 10.1 Å². The van der Waals surface area contributed by atoms with E-state index in [1.54, 1.807) is 0 Å². The van der Waals surface area contributed by atoms with E-state index in [0.717, 1.165) is 12.2 Å². The highest BCUT2D eigenvalue weighted by Crippen LogP contribution is 2.17. The van der Waals surface area contributed by atoms with Crippen LogP contribution in [0.4, 0.5) is 4.39 Å². The van der Waals surface area contributed by atoms with Gasteiger partial charge in [0.25, 0.3) is 0 Å². The van der Waals surface area contributed by atoms with E-state index in [1.165, 1.54) is 0 Å². The predicted molar refractivity (Wildman–Crippen MR) is 36.9 cm³/mol. The van der Waals surface area contributed by atoms with Gasteiger partial charge >= 0.3 is 0 Å². The van der Waals surface area contributed by atoms with E-state index in [9.17, 15) is 14.5 Å². The maximum absolute atomic E-state index is 12.5. The number of rotatable bonds is 1. The molecule has 0 fully saturated rings. The topological polar surface area (TPSA) is 69.2 Å². The summed E-state index contributed by atoms with van der Waals surface area (Å²) < 4.78 is 12.5. The normalized spacial score (nSPS) is 23.9. The first-order valence-corrected chi connectivity index (χ1v) is 3.08. The van der Waals surface area contributed by atoms with Crippen LogP contribution in [0, 0.1) is 10.1 Å². The van der Waals surface area contributed by atoms with Crippen LogP contribution in [0.1, 0.15) is 6.42 Å². The molecule has 1 atom stereocenters. The van der Waals surface area contributed by atoms with E-state index in [4.69, 9.17) is 5.73 Å². The zero-order valence-corrected chi connectivity index (χ0v) is 5.66. The van der Waals surface area contributed by atoms with E-state index < -0.39 is 16.8 Å². The fourth-order valence-electron chi connectivity index (χ4n) is 0.844. The summed E-state index contributed by atoms with van der Waals surface area (Å²) in [6, 6.07) is -0.866. The number of nitrogens with two attached hydrogens (primary N) is 1. The smallest absolute Gasteiger partial charge is 0.237 e. The minimum absolute atomic E-state index is 0.0829. The van der Waals surface area contributed by atoms with E-state index in [0.29, 0.717) is 0 Å². The van der Waals surface area contributed by atoms with Gasteiger partial charge in [0.15, 0.2) is 0 Å².